The van der Waals surface area contributed by atoms with Crippen molar-refractivity contribution in [2.45, 2.75) is 13.2 Å². The molecule has 0 radical (unpaired) electrons. The van der Waals surface area contributed by atoms with Crippen molar-refractivity contribution in [2.24, 2.45) is 0 Å². The van der Waals surface area contributed by atoms with Gasteiger partial charge in [0.1, 0.15) is 12.7 Å². The van der Waals surface area contributed by atoms with E-state index in [1.165, 1.54) is 12.3 Å². The maximum atomic E-state index is 12.2. The summed E-state index contributed by atoms with van der Waals surface area (Å²) in [5.41, 5.74) is 1.11. The minimum absolute atomic E-state index is 0.0565. The van der Waals surface area contributed by atoms with Crippen molar-refractivity contribution in [1.29, 1.82) is 5.26 Å². The van der Waals surface area contributed by atoms with Gasteiger partial charge >= 0.3 is 5.97 Å². The fraction of sp³-hybridized carbons (Fsp3) is 0.188. The van der Waals surface area contributed by atoms with Crippen LogP contribution in [0.25, 0.3) is 0 Å². The lowest BCUT2D eigenvalue weighted by atomic mass is 10.1. The topological polar surface area (TPSA) is 72.2 Å². The van der Waals surface area contributed by atoms with Crippen molar-refractivity contribution in [3.8, 4) is 6.07 Å². The third-order valence-corrected chi connectivity index (χ3v) is 2.73. The molecule has 0 aliphatic rings. The van der Waals surface area contributed by atoms with E-state index in [0.717, 1.165) is 5.56 Å². The fourth-order valence-electron chi connectivity index (χ4n) is 1.73. The third-order valence-electron chi connectivity index (χ3n) is 2.73. The molecule has 0 spiro atoms. The van der Waals surface area contributed by atoms with Crippen LogP contribution in [0.3, 0.4) is 0 Å². The lowest BCUT2D eigenvalue weighted by Gasteiger charge is -2.08. The highest BCUT2D eigenvalue weighted by molar-refractivity contribution is 5.89. The molecular weight excluding hydrogens is 268 g/mol. The van der Waals surface area contributed by atoms with Crippen molar-refractivity contribution in [2.75, 3.05) is 7.04 Å². The first kappa shape index (κ1) is 11.0. The Morgan fingerprint density at radius 1 is 1.38 bits per heavy atom. The van der Waals surface area contributed by atoms with Crippen molar-refractivity contribution >= 4 is 5.97 Å². The highest BCUT2D eigenvalue weighted by atomic mass is 16.5. The molecular formula is C16H14N2O3. The van der Waals surface area contributed by atoms with E-state index < -0.39 is 13.0 Å². The molecule has 0 atom stereocenters. The number of methoxy groups -OCH3 is 1. The number of nitriles is 1. The summed E-state index contributed by atoms with van der Waals surface area (Å²) in [6, 6.07) is 12.3. The Hall–Kier alpha value is -2.71. The molecule has 0 amide bonds. The number of ether oxygens (including phenoxy) is 2. The Bertz CT molecular complexity index is 755. The van der Waals surface area contributed by atoms with E-state index in [-0.39, 0.29) is 30.0 Å². The average Bonchev–Trinajstić information content (AvgIpc) is 2.58. The standard InChI is InChI=1S/C16H14N2O3/c1-20-11-14-7-13(8-17)9-18-15(14)16(19)21-10-12-5-3-2-4-6-12/h2-7,9H,10-11H2,1H3/i1D3. The van der Waals surface area contributed by atoms with Crippen LogP contribution < -0.4 is 0 Å². The van der Waals surface area contributed by atoms with Gasteiger partial charge in [0.2, 0.25) is 0 Å². The first-order chi connectivity index (χ1) is 11.4. The summed E-state index contributed by atoms with van der Waals surface area (Å²) in [4.78, 5) is 16.1. The Kier molecular flexibility index (Phi) is 3.76. The van der Waals surface area contributed by atoms with Crippen LogP contribution >= 0.6 is 0 Å². The van der Waals surface area contributed by atoms with E-state index in [4.69, 9.17) is 18.8 Å². The molecule has 21 heavy (non-hydrogen) atoms. The molecule has 0 unspecified atom stereocenters. The highest BCUT2D eigenvalue weighted by Gasteiger charge is 2.15. The smallest absolute Gasteiger partial charge is 0.357 e. The quantitative estimate of drug-likeness (QED) is 0.789. The van der Waals surface area contributed by atoms with Crippen LogP contribution in [0.1, 0.15) is 31.3 Å². The lowest BCUT2D eigenvalue weighted by molar-refractivity contribution is 0.0460. The van der Waals surface area contributed by atoms with Crippen LogP contribution in [-0.4, -0.2) is 18.0 Å². The van der Waals surface area contributed by atoms with Gasteiger partial charge in [-0.05, 0) is 11.6 Å². The van der Waals surface area contributed by atoms with Gasteiger partial charge in [-0.25, -0.2) is 9.78 Å². The molecule has 0 aliphatic carbocycles. The van der Waals surface area contributed by atoms with E-state index >= 15 is 0 Å². The monoisotopic (exact) mass is 285 g/mol. The summed E-state index contributed by atoms with van der Waals surface area (Å²) < 4.78 is 31.1. The maximum absolute atomic E-state index is 12.2. The van der Waals surface area contributed by atoms with Crippen LogP contribution in [0.5, 0.6) is 0 Å². The molecule has 0 aliphatic heterocycles. The maximum Gasteiger partial charge on any atom is 0.357 e. The number of rotatable bonds is 5. The number of hydrogen-bond acceptors (Lipinski definition) is 5. The first-order valence-corrected chi connectivity index (χ1v) is 6.13. The molecule has 0 fully saturated rings. The van der Waals surface area contributed by atoms with Gasteiger partial charge in [-0.15, -0.1) is 0 Å². The van der Waals surface area contributed by atoms with Gasteiger partial charge in [0, 0.05) is 18.8 Å². The second-order valence-electron chi connectivity index (χ2n) is 4.19. The Morgan fingerprint density at radius 3 is 2.90 bits per heavy atom. The van der Waals surface area contributed by atoms with Gasteiger partial charge in [0.05, 0.1) is 16.3 Å². The van der Waals surface area contributed by atoms with Crippen LogP contribution in [0.15, 0.2) is 42.6 Å². The lowest BCUT2D eigenvalue weighted by Crippen LogP contribution is -2.11. The van der Waals surface area contributed by atoms with Crippen molar-refractivity contribution in [3.05, 3.63) is 65.0 Å². The van der Waals surface area contributed by atoms with E-state index in [1.54, 1.807) is 12.1 Å². The number of pyridine rings is 1. The number of benzene rings is 1. The fourth-order valence-corrected chi connectivity index (χ4v) is 1.73. The number of esters is 1. The molecule has 1 aromatic carbocycles. The number of carbonyl (C=O) groups excluding carboxylic acids is 1. The van der Waals surface area contributed by atoms with Crippen LogP contribution in [0.4, 0.5) is 0 Å². The number of nitrogens with zero attached hydrogens (tertiary/aromatic N) is 2. The van der Waals surface area contributed by atoms with Gasteiger partial charge in [-0.3, -0.25) is 0 Å². The Labute approximate surface area is 127 Å². The van der Waals surface area contributed by atoms with Gasteiger partial charge in [-0.2, -0.15) is 5.26 Å². The minimum atomic E-state index is -2.62. The average molecular weight is 285 g/mol. The summed E-state index contributed by atoms with van der Waals surface area (Å²) in [5.74, 6) is -0.715. The number of hydrogen-bond donors (Lipinski definition) is 0. The van der Waals surface area contributed by atoms with E-state index in [0.29, 0.717) is 0 Å². The SMILES string of the molecule is [2H]C([2H])([2H])OCc1cc(C#N)cnc1C(=O)OCc1ccccc1. The predicted molar refractivity (Wildman–Crippen MR) is 75.2 cm³/mol. The Balaban J connectivity index is 2.15. The molecule has 0 saturated heterocycles. The second-order valence-corrected chi connectivity index (χ2v) is 4.19. The summed E-state index contributed by atoms with van der Waals surface area (Å²) >= 11 is 0. The zero-order valence-electron chi connectivity index (χ0n) is 14.1. The number of carbonyl (C=O) groups is 1. The third kappa shape index (κ3) is 3.88. The number of aromatic nitrogens is 1. The molecule has 2 rings (SSSR count). The van der Waals surface area contributed by atoms with Gasteiger partial charge in [-0.1, -0.05) is 30.3 Å². The summed E-state index contributed by atoms with van der Waals surface area (Å²) in [5, 5.41) is 8.91. The van der Waals surface area contributed by atoms with Crippen LogP contribution in [0, 0.1) is 11.3 Å². The normalized spacial score (nSPS) is 12.6. The highest BCUT2D eigenvalue weighted by Crippen LogP contribution is 2.12. The molecule has 5 nitrogen and oxygen atoms in total. The second kappa shape index (κ2) is 7.17. The molecule has 1 aromatic heterocycles. The van der Waals surface area contributed by atoms with Crippen LogP contribution in [0.2, 0.25) is 0 Å². The van der Waals surface area contributed by atoms with Gasteiger partial charge < -0.3 is 9.47 Å². The minimum Gasteiger partial charge on any atom is -0.456 e. The van der Waals surface area contributed by atoms with Crippen molar-refractivity contribution < 1.29 is 18.4 Å². The molecule has 5 heteroatoms. The molecule has 0 saturated carbocycles. The zero-order chi connectivity index (χ0) is 17.6. The van der Waals surface area contributed by atoms with E-state index in [9.17, 15) is 4.79 Å². The van der Waals surface area contributed by atoms with Crippen molar-refractivity contribution in [1.82, 2.24) is 4.98 Å². The van der Waals surface area contributed by atoms with Crippen molar-refractivity contribution in [3.63, 3.8) is 0 Å². The molecule has 0 N–H and O–H groups in total. The summed E-state index contributed by atoms with van der Waals surface area (Å²) in [6.07, 6.45) is 1.22. The molecule has 1 heterocycles. The summed E-state index contributed by atoms with van der Waals surface area (Å²) in [6.45, 7) is -0.324. The van der Waals surface area contributed by atoms with Gasteiger partial charge in [0.15, 0.2) is 5.69 Å². The first-order valence-electron chi connectivity index (χ1n) is 7.63. The zero-order valence-corrected chi connectivity index (χ0v) is 11.1. The predicted octanol–water partition coefficient (Wildman–Crippen LogP) is 2.46. The van der Waals surface area contributed by atoms with E-state index in [2.05, 4.69) is 4.98 Å². The summed E-state index contributed by atoms with van der Waals surface area (Å²) in [7, 11) is -2.62. The van der Waals surface area contributed by atoms with E-state index in [1.807, 2.05) is 24.3 Å². The molecule has 106 valence electrons. The largest absolute Gasteiger partial charge is 0.456 e. The van der Waals surface area contributed by atoms with Crippen LogP contribution in [-0.2, 0) is 22.7 Å². The van der Waals surface area contributed by atoms with Gasteiger partial charge in [0.25, 0.3) is 0 Å². The molecule has 2 aromatic rings. The molecule has 0 bridgehead atoms. The Morgan fingerprint density at radius 2 is 2.19 bits per heavy atom.